The van der Waals surface area contributed by atoms with Crippen molar-refractivity contribution >= 4 is 36.6 Å². The second kappa shape index (κ2) is 9.67. The molecule has 10 heteroatoms. The second-order valence-corrected chi connectivity index (χ2v) is 12.7. The average Bonchev–Trinajstić information content (AvgIpc) is 2.83. The van der Waals surface area contributed by atoms with E-state index in [4.69, 9.17) is 4.74 Å². The Morgan fingerprint density at radius 3 is 2.34 bits per heavy atom. The number of carbonyl (C=O) groups is 1. The maximum atomic E-state index is 14.1. The second-order valence-electron chi connectivity index (χ2n) is 8.73. The minimum absolute atomic E-state index is 0.0364. The molecule has 1 aliphatic heterocycles. The summed E-state index contributed by atoms with van der Waals surface area (Å²) in [4.78, 5) is 11.7. The van der Waals surface area contributed by atoms with Gasteiger partial charge in [-0.3, -0.25) is 4.79 Å². The number of carbonyl (C=O) groups excluding carboxylic acids is 1. The summed E-state index contributed by atoms with van der Waals surface area (Å²) in [5, 5.41) is 1.54. The first kappa shape index (κ1) is 25.3. The van der Waals surface area contributed by atoms with Crippen LogP contribution in [-0.2, 0) is 35.8 Å². The van der Waals surface area contributed by atoms with Gasteiger partial charge in [0.1, 0.15) is 5.82 Å². The number of halogens is 1. The van der Waals surface area contributed by atoms with Crippen LogP contribution in [0.2, 0.25) is 0 Å². The summed E-state index contributed by atoms with van der Waals surface area (Å²) in [5.41, 5.74) is 1.62. The average molecular weight is 520 g/mol. The Bertz CT molecular complexity index is 1490. The van der Waals surface area contributed by atoms with Crippen molar-refractivity contribution in [3.63, 3.8) is 0 Å². The molecule has 3 aromatic rings. The SMILES string of the molecule is COC(=O)Cc1cc(C2CCN(S(=O)(=O)c3cccc(S(C)(=O)=O)c3)CC2)c2cc(F)ccc2c1. The summed E-state index contributed by atoms with van der Waals surface area (Å²) in [7, 11) is -6.11. The van der Waals surface area contributed by atoms with Gasteiger partial charge in [0, 0.05) is 19.3 Å². The van der Waals surface area contributed by atoms with E-state index in [1.165, 1.54) is 47.8 Å². The fourth-order valence-electron chi connectivity index (χ4n) is 4.52. The van der Waals surface area contributed by atoms with Crippen molar-refractivity contribution in [2.75, 3.05) is 26.5 Å². The van der Waals surface area contributed by atoms with Crippen molar-refractivity contribution in [3.05, 3.63) is 71.5 Å². The Morgan fingerprint density at radius 1 is 1.00 bits per heavy atom. The zero-order valence-electron chi connectivity index (χ0n) is 19.4. The fraction of sp³-hybridized carbons (Fsp3) is 0.320. The van der Waals surface area contributed by atoms with Crippen LogP contribution in [0.25, 0.3) is 10.8 Å². The first-order valence-electron chi connectivity index (χ1n) is 11.1. The molecule has 1 saturated heterocycles. The Labute approximate surface area is 204 Å². The Balaban J connectivity index is 1.61. The van der Waals surface area contributed by atoms with Gasteiger partial charge >= 0.3 is 5.97 Å². The predicted octanol–water partition coefficient (Wildman–Crippen LogP) is 3.67. The van der Waals surface area contributed by atoms with E-state index in [1.807, 2.05) is 12.1 Å². The third kappa shape index (κ3) is 5.39. The lowest BCUT2D eigenvalue weighted by atomic mass is 9.85. The summed E-state index contributed by atoms with van der Waals surface area (Å²) in [6.07, 6.45) is 2.11. The number of fused-ring (bicyclic) bond motifs is 1. The summed E-state index contributed by atoms with van der Waals surface area (Å²) < 4.78 is 70.4. The number of hydrogen-bond acceptors (Lipinski definition) is 6. The van der Waals surface area contributed by atoms with Gasteiger partial charge < -0.3 is 4.74 Å². The standard InChI is InChI=1S/C25H26FNO6S2/c1-33-25(28)14-17-12-19-6-7-20(26)15-24(19)23(13-17)18-8-10-27(11-9-18)35(31,32)22-5-3-4-21(16-22)34(2,29)30/h3-7,12-13,15-16,18H,8-11,14H2,1-2H3. The molecule has 3 aromatic carbocycles. The molecule has 186 valence electrons. The molecule has 35 heavy (non-hydrogen) atoms. The van der Waals surface area contributed by atoms with Crippen LogP contribution >= 0.6 is 0 Å². The van der Waals surface area contributed by atoms with E-state index >= 15 is 0 Å². The molecule has 0 amide bonds. The van der Waals surface area contributed by atoms with Crippen molar-refractivity contribution in [1.82, 2.24) is 4.31 Å². The van der Waals surface area contributed by atoms with Gasteiger partial charge in [0.15, 0.2) is 9.84 Å². The van der Waals surface area contributed by atoms with Gasteiger partial charge in [0.05, 0.1) is 23.3 Å². The van der Waals surface area contributed by atoms with Crippen LogP contribution in [-0.4, -0.2) is 53.6 Å². The minimum atomic E-state index is -3.88. The van der Waals surface area contributed by atoms with Crippen molar-refractivity contribution in [3.8, 4) is 0 Å². The number of sulfone groups is 1. The maximum absolute atomic E-state index is 14.1. The normalized spacial score (nSPS) is 15.9. The molecule has 0 aliphatic carbocycles. The highest BCUT2D eigenvalue weighted by atomic mass is 32.2. The largest absolute Gasteiger partial charge is 0.469 e. The smallest absolute Gasteiger partial charge is 0.309 e. The lowest BCUT2D eigenvalue weighted by Gasteiger charge is -2.32. The molecule has 0 radical (unpaired) electrons. The van der Waals surface area contributed by atoms with Crippen LogP contribution in [0, 0.1) is 5.82 Å². The van der Waals surface area contributed by atoms with Crippen LogP contribution < -0.4 is 0 Å². The van der Waals surface area contributed by atoms with Gasteiger partial charge in [-0.15, -0.1) is 0 Å². The number of esters is 1. The van der Waals surface area contributed by atoms with Crippen LogP contribution in [0.5, 0.6) is 0 Å². The summed E-state index contributed by atoms with van der Waals surface area (Å²) in [5.74, 6) is -0.786. The molecule has 0 spiro atoms. The van der Waals surface area contributed by atoms with E-state index < -0.39 is 19.9 Å². The van der Waals surface area contributed by atoms with Gasteiger partial charge in [-0.25, -0.2) is 21.2 Å². The molecule has 0 unspecified atom stereocenters. The molecule has 0 N–H and O–H groups in total. The highest BCUT2D eigenvalue weighted by Gasteiger charge is 2.31. The number of hydrogen-bond donors (Lipinski definition) is 0. The highest BCUT2D eigenvalue weighted by Crippen LogP contribution is 2.36. The third-order valence-electron chi connectivity index (χ3n) is 6.35. The molecule has 0 aromatic heterocycles. The van der Waals surface area contributed by atoms with Crippen LogP contribution in [0.3, 0.4) is 0 Å². The van der Waals surface area contributed by atoms with Gasteiger partial charge in [-0.05, 0) is 71.0 Å². The quantitative estimate of drug-likeness (QED) is 0.461. The fourth-order valence-corrected chi connectivity index (χ4v) is 6.78. The van der Waals surface area contributed by atoms with E-state index in [1.54, 1.807) is 6.07 Å². The minimum Gasteiger partial charge on any atom is -0.469 e. The monoisotopic (exact) mass is 519 g/mol. The zero-order valence-corrected chi connectivity index (χ0v) is 21.0. The predicted molar refractivity (Wildman–Crippen MR) is 130 cm³/mol. The van der Waals surface area contributed by atoms with Crippen molar-refractivity contribution in [2.45, 2.75) is 35.0 Å². The Morgan fingerprint density at radius 2 is 1.69 bits per heavy atom. The molecule has 4 rings (SSSR count). The zero-order chi connectivity index (χ0) is 25.4. The molecule has 1 aliphatic rings. The van der Waals surface area contributed by atoms with E-state index in [2.05, 4.69) is 0 Å². The summed E-state index contributed by atoms with van der Waals surface area (Å²) in [6.45, 7) is 0.461. The van der Waals surface area contributed by atoms with Gasteiger partial charge in [-0.2, -0.15) is 4.31 Å². The van der Waals surface area contributed by atoms with Gasteiger partial charge in [0.2, 0.25) is 10.0 Å². The van der Waals surface area contributed by atoms with E-state index in [0.717, 1.165) is 28.2 Å². The van der Waals surface area contributed by atoms with Gasteiger partial charge in [-0.1, -0.05) is 24.3 Å². The van der Waals surface area contributed by atoms with E-state index in [-0.39, 0.29) is 47.0 Å². The molecule has 0 atom stereocenters. The number of piperidine rings is 1. The highest BCUT2D eigenvalue weighted by molar-refractivity contribution is 7.91. The summed E-state index contributed by atoms with van der Waals surface area (Å²) in [6, 6.07) is 13.6. The lowest BCUT2D eigenvalue weighted by molar-refractivity contribution is -0.139. The van der Waals surface area contributed by atoms with Crippen molar-refractivity contribution < 1.29 is 30.8 Å². The van der Waals surface area contributed by atoms with Crippen LogP contribution in [0.4, 0.5) is 4.39 Å². The van der Waals surface area contributed by atoms with Crippen LogP contribution in [0.1, 0.15) is 29.9 Å². The molecule has 0 saturated carbocycles. The first-order chi connectivity index (χ1) is 16.5. The number of ether oxygens (including phenoxy) is 1. The van der Waals surface area contributed by atoms with E-state index in [9.17, 15) is 26.0 Å². The molecule has 1 fully saturated rings. The van der Waals surface area contributed by atoms with Crippen molar-refractivity contribution in [2.24, 2.45) is 0 Å². The first-order valence-corrected chi connectivity index (χ1v) is 14.4. The van der Waals surface area contributed by atoms with Crippen molar-refractivity contribution in [1.29, 1.82) is 0 Å². The molecule has 7 nitrogen and oxygen atoms in total. The number of sulfonamides is 1. The van der Waals surface area contributed by atoms with E-state index in [0.29, 0.717) is 12.8 Å². The molecular formula is C25H26FNO6S2. The number of rotatable bonds is 6. The summed E-state index contributed by atoms with van der Waals surface area (Å²) >= 11 is 0. The third-order valence-corrected chi connectivity index (χ3v) is 9.35. The Hall–Kier alpha value is -2.82. The molecule has 0 bridgehead atoms. The van der Waals surface area contributed by atoms with Crippen LogP contribution in [0.15, 0.2) is 64.4 Å². The maximum Gasteiger partial charge on any atom is 0.309 e. The topological polar surface area (TPSA) is 97.8 Å². The van der Waals surface area contributed by atoms with Gasteiger partial charge in [0.25, 0.3) is 0 Å². The lowest BCUT2D eigenvalue weighted by Crippen LogP contribution is -2.38. The number of methoxy groups -OCH3 is 1. The Kier molecular flexibility index (Phi) is 6.99. The number of benzene rings is 3. The number of nitrogens with zero attached hydrogens (tertiary/aromatic N) is 1. The molecular weight excluding hydrogens is 493 g/mol. The molecule has 1 heterocycles.